The molecule has 1 N–H and O–H groups in total. The molecule has 1 saturated carbocycles. The second-order valence-electron chi connectivity index (χ2n) is 7.00. The molecule has 1 aromatic carbocycles. The molecule has 1 amide bonds. The molecule has 1 atom stereocenters. The lowest BCUT2D eigenvalue weighted by Gasteiger charge is -2.26. The molecule has 0 bridgehead atoms. The number of amides is 1. The van der Waals surface area contributed by atoms with Crippen LogP contribution in [0.5, 0.6) is 5.75 Å². The van der Waals surface area contributed by atoms with Crippen LogP contribution in [0.4, 0.5) is 5.69 Å². The molecule has 144 valence electrons. The molecule has 1 aliphatic carbocycles. The van der Waals surface area contributed by atoms with Crippen molar-refractivity contribution in [3.63, 3.8) is 0 Å². The fourth-order valence-electron chi connectivity index (χ4n) is 3.12. The normalized spacial score (nSPS) is 25.5. The number of anilines is 1. The average Bonchev–Trinajstić information content (AvgIpc) is 3.15. The summed E-state index contributed by atoms with van der Waals surface area (Å²) in [6.45, 7) is 2.65. The summed E-state index contributed by atoms with van der Waals surface area (Å²) in [5.41, 5.74) is -0.522. The van der Waals surface area contributed by atoms with Crippen molar-refractivity contribution in [2.45, 2.75) is 41.8 Å². The number of nitrogens with zero attached hydrogens (tertiary/aromatic N) is 1. The van der Waals surface area contributed by atoms with Crippen molar-refractivity contribution < 1.29 is 17.9 Å². The third-order valence-electron chi connectivity index (χ3n) is 5.11. The lowest BCUT2D eigenvalue weighted by molar-refractivity contribution is -0.120. The lowest BCUT2D eigenvalue weighted by atomic mass is 10.1. The Bertz CT molecular complexity index is 822. The minimum Gasteiger partial charge on any atom is -0.495 e. The first-order valence-corrected chi connectivity index (χ1v) is 10.7. The van der Waals surface area contributed by atoms with Crippen molar-refractivity contribution in [3.8, 4) is 5.75 Å². The van der Waals surface area contributed by atoms with E-state index in [1.165, 1.54) is 23.5 Å². The summed E-state index contributed by atoms with van der Waals surface area (Å²) in [6, 6.07) is 4.56. The number of hydrogen-bond acceptors (Lipinski definition) is 4. The highest BCUT2D eigenvalue weighted by Gasteiger charge is 2.67. The summed E-state index contributed by atoms with van der Waals surface area (Å²) in [4.78, 5) is 12.5. The molecule has 1 heterocycles. The second kappa shape index (κ2) is 6.86. The topological polar surface area (TPSA) is 75.7 Å². The van der Waals surface area contributed by atoms with Crippen LogP contribution < -0.4 is 10.1 Å². The third kappa shape index (κ3) is 3.42. The summed E-state index contributed by atoms with van der Waals surface area (Å²) in [7, 11) is -2.28. The minimum absolute atomic E-state index is 0.0451. The number of nitrogens with one attached hydrogen (secondary N) is 1. The van der Waals surface area contributed by atoms with E-state index in [9.17, 15) is 13.2 Å². The van der Waals surface area contributed by atoms with Crippen molar-refractivity contribution in [2.24, 2.45) is 5.41 Å². The van der Waals surface area contributed by atoms with Gasteiger partial charge in [0.15, 0.2) is 0 Å². The molecule has 0 aromatic heterocycles. The zero-order valence-electron chi connectivity index (χ0n) is 14.7. The van der Waals surface area contributed by atoms with Gasteiger partial charge in [-0.25, -0.2) is 8.42 Å². The molecule has 3 rings (SSSR count). The monoisotopic (exact) mass is 420 g/mol. The number of benzene rings is 1. The molecule has 2 fully saturated rings. The molecule has 26 heavy (non-hydrogen) atoms. The maximum absolute atomic E-state index is 13.0. The van der Waals surface area contributed by atoms with Gasteiger partial charge in [0, 0.05) is 18.8 Å². The van der Waals surface area contributed by atoms with Gasteiger partial charge >= 0.3 is 0 Å². The van der Waals surface area contributed by atoms with Gasteiger partial charge in [0.2, 0.25) is 15.9 Å². The Kier molecular flexibility index (Phi) is 5.20. The molecule has 1 saturated heterocycles. The van der Waals surface area contributed by atoms with Crippen LogP contribution in [-0.2, 0) is 14.8 Å². The first-order valence-electron chi connectivity index (χ1n) is 8.49. The molecule has 1 unspecified atom stereocenters. The minimum atomic E-state index is -3.70. The number of hydrogen-bond donors (Lipinski definition) is 1. The van der Waals surface area contributed by atoms with Crippen molar-refractivity contribution in [2.75, 3.05) is 25.5 Å². The van der Waals surface area contributed by atoms with Crippen LogP contribution in [0.3, 0.4) is 0 Å². The fourth-order valence-corrected chi connectivity index (χ4v) is 5.52. The molecule has 2 aliphatic rings. The van der Waals surface area contributed by atoms with E-state index >= 15 is 0 Å². The van der Waals surface area contributed by atoms with Crippen molar-refractivity contribution >= 4 is 44.8 Å². The number of carbonyl (C=O) groups is 1. The first kappa shape index (κ1) is 19.7. The van der Waals surface area contributed by atoms with Crippen LogP contribution in [0.25, 0.3) is 0 Å². The van der Waals surface area contributed by atoms with Crippen molar-refractivity contribution in [3.05, 3.63) is 18.2 Å². The zero-order valence-corrected chi connectivity index (χ0v) is 17.0. The molecule has 1 aromatic rings. The summed E-state index contributed by atoms with van der Waals surface area (Å²) in [6.07, 6.45) is 3.05. The Hall–Kier alpha value is -1.02. The van der Waals surface area contributed by atoms with Crippen LogP contribution in [-0.4, -0.2) is 43.2 Å². The van der Waals surface area contributed by atoms with Gasteiger partial charge in [-0.15, -0.1) is 23.2 Å². The van der Waals surface area contributed by atoms with Gasteiger partial charge < -0.3 is 10.1 Å². The Morgan fingerprint density at radius 3 is 2.38 bits per heavy atom. The highest BCUT2D eigenvalue weighted by Crippen LogP contribution is 2.64. The van der Waals surface area contributed by atoms with E-state index in [1.807, 2.05) is 0 Å². The number of methoxy groups -OCH3 is 1. The predicted octanol–water partition coefficient (Wildman–Crippen LogP) is 3.39. The number of rotatable bonds is 5. The van der Waals surface area contributed by atoms with Crippen LogP contribution in [0.15, 0.2) is 23.1 Å². The number of piperidine rings is 1. The van der Waals surface area contributed by atoms with Crippen molar-refractivity contribution in [1.29, 1.82) is 0 Å². The highest BCUT2D eigenvalue weighted by molar-refractivity contribution is 7.89. The maximum Gasteiger partial charge on any atom is 0.246 e. The Labute approximate surface area is 163 Å². The Morgan fingerprint density at radius 2 is 1.85 bits per heavy atom. The van der Waals surface area contributed by atoms with E-state index in [4.69, 9.17) is 27.9 Å². The summed E-state index contributed by atoms with van der Waals surface area (Å²) in [5.74, 6) is -0.0933. The number of alkyl halides is 2. The van der Waals surface area contributed by atoms with E-state index in [0.717, 1.165) is 19.3 Å². The van der Waals surface area contributed by atoms with Crippen LogP contribution in [0, 0.1) is 5.41 Å². The molecule has 9 heteroatoms. The number of carbonyl (C=O) groups excluding carboxylic acids is 1. The largest absolute Gasteiger partial charge is 0.495 e. The molecule has 6 nitrogen and oxygen atoms in total. The number of halogens is 2. The van der Waals surface area contributed by atoms with E-state index in [-0.39, 0.29) is 16.6 Å². The van der Waals surface area contributed by atoms with Gasteiger partial charge in [-0.1, -0.05) is 6.42 Å². The molecule has 0 spiro atoms. The quantitative estimate of drug-likeness (QED) is 0.740. The molecular formula is C17H22Cl2N2O4S. The Morgan fingerprint density at radius 1 is 1.23 bits per heavy atom. The Balaban J connectivity index is 1.88. The van der Waals surface area contributed by atoms with Gasteiger partial charge in [0.25, 0.3) is 0 Å². The smallest absolute Gasteiger partial charge is 0.246 e. The zero-order chi connectivity index (χ0) is 19.2. The number of ether oxygens (including phenoxy) is 1. The summed E-state index contributed by atoms with van der Waals surface area (Å²) in [5, 5.41) is 2.72. The fraction of sp³-hybridized carbons (Fsp3) is 0.588. The van der Waals surface area contributed by atoms with Gasteiger partial charge in [0.05, 0.1) is 12.5 Å². The standard InChI is InChI=1S/C17H22Cl2N2O4S/c1-16(11-17(16,18)19)15(22)20-12-6-7-13(25-2)14(10-12)26(23,24)21-8-4-3-5-9-21/h6-7,10H,3-5,8-9,11H2,1-2H3,(H,20,22). The molecule has 1 aliphatic heterocycles. The van der Waals surface area contributed by atoms with Gasteiger partial charge in [0.1, 0.15) is 15.0 Å². The van der Waals surface area contributed by atoms with E-state index in [2.05, 4.69) is 5.32 Å². The second-order valence-corrected chi connectivity index (χ2v) is 10.4. The van der Waals surface area contributed by atoms with Crippen LogP contribution in [0.1, 0.15) is 32.6 Å². The van der Waals surface area contributed by atoms with E-state index in [1.54, 1.807) is 13.0 Å². The van der Waals surface area contributed by atoms with E-state index < -0.39 is 19.8 Å². The lowest BCUT2D eigenvalue weighted by Crippen LogP contribution is -2.35. The highest BCUT2D eigenvalue weighted by atomic mass is 35.5. The van der Waals surface area contributed by atoms with Crippen molar-refractivity contribution in [1.82, 2.24) is 4.31 Å². The predicted molar refractivity (Wildman–Crippen MR) is 101 cm³/mol. The SMILES string of the molecule is COc1ccc(NC(=O)C2(C)CC2(Cl)Cl)cc1S(=O)(=O)N1CCCCC1. The average molecular weight is 421 g/mol. The molecular weight excluding hydrogens is 399 g/mol. The van der Waals surface area contributed by atoms with Gasteiger partial charge in [-0.3, -0.25) is 4.79 Å². The first-order chi connectivity index (χ1) is 12.1. The number of sulfonamides is 1. The van der Waals surface area contributed by atoms with Crippen LogP contribution >= 0.6 is 23.2 Å². The van der Waals surface area contributed by atoms with E-state index in [0.29, 0.717) is 25.2 Å². The summed E-state index contributed by atoms with van der Waals surface area (Å²) < 4.78 is 31.6. The van der Waals surface area contributed by atoms with Crippen LogP contribution in [0.2, 0.25) is 0 Å². The van der Waals surface area contributed by atoms with Gasteiger partial charge in [-0.05, 0) is 44.4 Å². The van der Waals surface area contributed by atoms with Gasteiger partial charge in [-0.2, -0.15) is 4.31 Å². The maximum atomic E-state index is 13.0. The molecule has 0 radical (unpaired) electrons. The third-order valence-corrected chi connectivity index (χ3v) is 8.13. The summed E-state index contributed by atoms with van der Waals surface area (Å²) >= 11 is 12.1.